The van der Waals surface area contributed by atoms with Crippen LogP contribution in [0.15, 0.2) is 0 Å². The molecule has 0 unspecified atom stereocenters. The Bertz CT molecular complexity index is 197. The highest BCUT2D eigenvalue weighted by molar-refractivity contribution is 5.69. The molecule has 0 radical (unpaired) electrons. The number of ether oxygens (including phenoxy) is 1. The van der Waals surface area contributed by atoms with E-state index in [1.165, 1.54) is 7.11 Å². The number of likely N-dealkylation sites (tertiary alicyclic amines) is 1. The van der Waals surface area contributed by atoms with Gasteiger partial charge in [0.25, 0.3) is 0 Å². The molecule has 0 aromatic rings. The fourth-order valence-electron chi connectivity index (χ4n) is 1.87. The van der Waals surface area contributed by atoms with E-state index in [1.807, 2.05) is 0 Å². The Morgan fingerprint density at radius 3 is 2.79 bits per heavy atom. The van der Waals surface area contributed by atoms with Gasteiger partial charge in [-0.05, 0) is 38.9 Å². The van der Waals surface area contributed by atoms with Crippen molar-refractivity contribution < 1.29 is 9.53 Å². The molecule has 1 aliphatic heterocycles. The van der Waals surface area contributed by atoms with Crippen LogP contribution in [0.5, 0.6) is 0 Å². The second-order valence-electron chi connectivity index (χ2n) is 4.08. The van der Waals surface area contributed by atoms with Crippen LogP contribution in [0.25, 0.3) is 0 Å². The second-order valence-corrected chi connectivity index (χ2v) is 4.08. The first-order valence-corrected chi connectivity index (χ1v) is 5.14. The molecule has 82 valence electrons. The quantitative estimate of drug-likeness (QED) is 0.648. The summed E-state index contributed by atoms with van der Waals surface area (Å²) in [5.41, 5.74) is 6.01. The molecule has 2 atom stereocenters. The van der Waals surface area contributed by atoms with Gasteiger partial charge in [-0.1, -0.05) is 0 Å². The van der Waals surface area contributed by atoms with E-state index < -0.39 is 0 Å². The third-order valence-corrected chi connectivity index (χ3v) is 2.99. The number of carbonyl (C=O) groups is 1. The van der Waals surface area contributed by atoms with E-state index in [9.17, 15) is 4.79 Å². The number of rotatable bonds is 2. The molecule has 0 aliphatic carbocycles. The van der Waals surface area contributed by atoms with E-state index in [0.717, 1.165) is 25.9 Å². The molecular formula is C10H20N2O2. The molecule has 1 fully saturated rings. The smallest absolute Gasteiger partial charge is 0.305 e. The average molecular weight is 200 g/mol. The summed E-state index contributed by atoms with van der Waals surface area (Å²) in [4.78, 5) is 13.4. The van der Waals surface area contributed by atoms with Crippen molar-refractivity contribution in [3.05, 3.63) is 0 Å². The summed E-state index contributed by atoms with van der Waals surface area (Å²) in [6.07, 6.45) is 2.43. The molecule has 1 saturated heterocycles. The first-order chi connectivity index (χ1) is 6.63. The molecule has 4 heteroatoms. The minimum atomic E-state index is -0.144. The van der Waals surface area contributed by atoms with Gasteiger partial charge in [0.15, 0.2) is 0 Å². The van der Waals surface area contributed by atoms with Crippen LogP contribution in [0.2, 0.25) is 0 Å². The van der Waals surface area contributed by atoms with Crippen LogP contribution in [-0.2, 0) is 9.53 Å². The molecule has 1 heterocycles. The van der Waals surface area contributed by atoms with Crippen LogP contribution in [0.4, 0.5) is 0 Å². The molecule has 1 rings (SSSR count). The lowest BCUT2D eigenvalue weighted by Gasteiger charge is -2.19. The van der Waals surface area contributed by atoms with Gasteiger partial charge in [-0.2, -0.15) is 0 Å². The Balaban J connectivity index is 2.45. The molecule has 0 spiro atoms. The Morgan fingerprint density at radius 1 is 1.50 bits per heavy atom. The first kappa shape index (κ1) is 11.5. The maximum atomic E-state index is 11.1. The predicted molar refractivity (Wildman–Crippen MR) is 54.8 cm³/mol. The molecule has 14 heavy (non-hydrogen) atoms. The van der Waals surface area contributed by atoms with E-state index >= 15 is 0 Å². The van der Waals surface area contributed by atoms with Gasteiger partial charge >= 0.3 is 5.97 Å². The molecule has 4 nitrogen and oxygen atoms in total. The van der Waals surface area contributed by atoms with E-state index in [-0.39, 0.29) is 17.9 Å². The van der Waals surface area contributed by atoms with Crippen molar-refractivity contribution in [3.8, 4) is 0 Å². The predicted octanol–water partition coefficient (Wildman–Crippen LogP) is 0.219. The van der Waals surface area contributed by atoms with Crippen LogP contribution in [0, 0.1) is 5.92 Å². The molecule has 0 aromatic heterocycles. The second kappa shape index (κ2) is 5.32. The summed E-state index contributed by atoms with van der Waals surface area (Å²) < 4.78 is 4.66. The van der Waals surface area contributed by atoms with Crippen LogP contribution >= 0.6 is 0 Å². The standard InChI is InChI=1S/C10H20N2O2/c1-12-5-3-8(7-10(13)14-2)9(11)4-6-12/h8-9H,3-7,11H2,1-2H3/t8-,9-/m1/s1. The Kier molecular flexibility index (Phi) is 4.35. The van der Waals surface area contributed by atoms with Crippen molar-refractivity contribution >= 4 is 5.97 Å². The lowest BCUT2D eigenvalue weighted by Crippen LogP contribution is -2.31. The summed E-state index contributed by atoms with van der Waals surface area (Å²) in [5.74, 6) is 0.141. The molecule has 2 N–H and O–H groups in total. The highest BCUT2D eigenvalue weighted by Crippen LogP contribution is 2.19. The third-order valence-electron chi connectivity index (χ3n) is 2.99. The van der Waals surface area contributed by atoms with E-state index in [4.69, 9.17) is 5.73 Å². The number of esters is 1. The van der Waals surface area contributed by atoms with Crippen LogP contribution in [-0.4, -0.2) is 44.2 Å². The SMILES string of the molecule is COC(=O)C[C@H]1CCN(C)CC[C@H]1N. The lowest BCUT2D eigenvalue weighted by molar-refractivity contribution is -0.141. The van der Waals surface area contributed by atoms with Gasteiger partial charge in [0, 0.05) is 12.5 Å². The fraction of sp³-hybridized carbons (Fsp3) is 0.900. The van der Waals surface area contributed by atoms with Gasteiger partial charge in [0.05, 0.1) is 7.11 Å². The van der Waals surface area contributed by atoms with Crippen molar-refractivity contribution in [2.75, 3.05) is 27.2 Å². The zero-order chi connectivity index (χ0) is 10.6. The van der Waals surface area contributed by atoms with Gasteiger partial charge in [0.2, 0.25) is 0 Å². The van der Waals surface area contributed by atoms with E-state index in [2.05, 4.69) is 16.7 Å². The maximum absolute atomic E-state index is 11.1. The zero-order valence-corrected chi connectivity index (χ0v) is 9.03. The van der Waals surface area contributed by atoms with E-state index in [0.29, 0.717) is 6.42 Å². The fourth-order valence-corrected chi connectivity index (χ4v) is 1.87. The van der Waals surface area contributed by atoms with Crippen molar-refractivity contribution in [3.63, 3.8) is 0 Å². The van der Waals surface area contributed by atoms with Gasteiger partial charge in [0.1, 0.15) is 0 Å². The van der Waals surface area contributed by atoms with Gasteiger partial charge in [-0.3, -0.25) is 4.79 Å². The van der Waals surface area contributed by atoms with Gasteiger partial charge in [-0.25, -0.2) is 0 Å². The summed E-state index contributed by atoms with van der Waals surface area (Å²) >= 11 is 0. The summed E-state index contributed by atoms with van der Waals surface area (Å²) in [7, 11) is 3.52. The number of nitrogens with two attached hydrogens (primary N) is 1. The molecule has 0 aromatic carbocycles. The monoisotopic (exact) mass is 200 g/mol. The number of nitrogens with zero attached hydrogens (tertiary/aromatic N) is 1. The topological polar surface area (TPSA) is 55.6 Å². The summed E-state index contributed by atoms with van der Waals surface area (Å²) in [5, 5.41) is 0. The largest absolute Gasteiger partial charge is 0.469 e. The molecule has 1 aliphatic rings. The zero-order valence-electron chi connectivity index (χ0n) is 9.03. The molecule has 0 bridgehead atoms. The average Bonchev–Trinajstić information content (AvgIpc) is 2.33. The number of methoxy groups -OCH3 is 1. The molecule has 0 amide bonds. The number of hydrogen-bond donors (Lipinski definition) is 1. The van der Waals surface area contributed by atoms with E-state index in [1.54, 1.807) is 0 Å². The van der Waals surface area contributed by atoms with Crippen LogP contribution < -0.4 is 5.73 Å². The number of hydrogen-bond acceptors (Lipinski definition) is 4. The summed E-state index contributed by atoms with van der Waals surface area (Å²) in [6.45, 7) is 2.05. The van der Waals surface area contributed by atoms with Gasteiger partial charge in [-0.15, -0.1) is 0 Å². The molecule has 0 saturated carbocycles. The van der Waals surface area contributed by atoms with Crippen molar-refractivity contribution in [2.24, 2.45) is 11.7 Å². The Morgan fingerprint density at radius 2 is 2.14 bits per heavy atom. The molecular weight excluding hydrogens is 180 g/mol. The number of carbonyl (C=O) groups excluding carboxylic acids is 1. The minimum absolute atomic E-state index is 0.138. The van der Waals surface area contributed by atoms with Crippen molar-refractivity contribution in [1.29, 1.82) is 0 Å². The summed E-state index contributed by atoms with van der Waals surface area (Å²) in [6, 6.07) is 0.138. The Hall–Kier alpha value is -0.610. The highest BCUT2D eigenvalue weighted by Gasteiger charge is 2.24. The maximum Gasteiger partial charge on any atom is 0.305 e. The lowest BCUT2D eigenvalue weighted by atomic mass is 9.92. The van der Waals surface area contributed by atoms with Crippen LogP contribution in [0.1, 0.15) is 19.3 Å². The Labute approximate surface area is 85.4 Å². The minimum Gasteiger partial charge on any atom is -0.469 e. The first-order valence-electron chi connectivity index (χ1n) is 5.14. The van der Waals surface area contributed by atoms with Crippen molar-refractivity contribution in [2.45, 2.75) is 25.3 Å². The normalized spacial score (nSPS) is 29.6. The highest BCUT2D eigenvalue weighted by atomic mass is 16.5. The van der Waals surface area contributed by atoms with Gasteiger partial charge < -0.3 is 15.4 Å². The van der Waals surface area contributed by atoms with Crippen molar-refractivity contribution in [1.82, 2.24) is 4.90 Å². The third kappa shape index (κ3) is 3.27. The van der Waals surface area contributed by atoms with Crippen LogP contribution in [0.3, 0.4) is 0 Å².